The summed E-state index contributed by atoms with van der Waals surface area (Å²) >= 11 is 6.93. The minimum Gasteiger partial charge on any atom is -0.298 e. The molecule has 2 aromatic carbocycles. The summed E-state index contributed by atoms with van der Waals surface area (Å²) in [5, 5.41) is 13.9. The number of hydrogen-bond donors (Lipinski definition) is 1. The minimum atomic E-state index is -3.66. The van der Waals surface area contributed by atoms with Crippen LogP contribution in [0.4, 0.5) is 10.8 Å². The third kappa shape index (κ3) is 5.90. The van der Waals surface area contributed by atoms with Gasteiger partial charge in [-0.1, -0.05) is 49.6 Å². The van der Waals surface area contributed by atoms with E-state index in [1.165, 1.54) is 22.5 Å². The molecular weight excluding hydrogens is 500 g/mol. The first-order chi connectivity index (χ1) is 16.2. The van der Waals surface area contributed by atoms with E-state index < -0.39 is 20.9 Å². The first kappa shape index (κ1) is 26.0. The Morgan fingerprint density at radius 1 is 1.15 bits per heavy atom. The Kier molecular flexibility index (Phi) is 8.58. The molecule has 1 N–H and O–H groups in total. The van der Waals surface area contributed by atoms with Gasteiger partial charge in [0.25, 0.3) is 11.6 Å². The normalized spacial score (nSPS) is 11.8. The second-order valence-corrected chi connectivity index (χ2v) is 11.0. The van der Waals surface area contributed by atoms with Crippen molar-refractivity contribution in [1.29, 1.82) is 0 Å². The van der Waals surface area contributed by atoms with E-state index in [1.54, 1.807) is 12.1 Å². The molecule has 0 aliphatic rings. The standard InChI is InChI=1S/C22H25ClN4O5S2/c1-3-5-11-26(12-6-4-2)34(31,32)16-8-10-18-20(14-16)33-22(24-18)25-21(28)15-7-9-17(23)19(13-15)27(29)30/h7-10,13-14H,3-6,11-12H2,1-2H3,(H,24,25,28). The molecule has 0 unspecified atom stereocenters. The summed E-state index contributed by atoms with van der Waals surface area (Å²) < 4.78 is 28.6. The van der Waals surface area contributed by atoms with Gasteiger partial charge in [-0.15, -0.1) is 0 Å². The smallest absolute Gasteiger partial charge is 0.288 e. The molecule has 0 saturated carbocycles. The predicted molar refractivity (Wildman–Crippen MR) is 134 cm³/mol. The largest absolute Gasteiger partial charge is 0.298 e. The molecule has 0 radical (unpaired) electrons. The highest BCUT2D eigenvalue weighted by Crippen LogP contribution is 2.30. The van der Waals surface area contributed by atoms with Gasteiger partial charge in [-0.3, -0.25) is 20.2 Å². The van der Waals surface area contributed by atoms with E-state index in [4.69, 9.17) is 11.6 Å². The Morgan fingerprint density at radius 2 is 1.82 bits per heavy atom. The minimum absolute atomic E-state index is 0.0566. The van der Waals surface area contributed by atoms with E-state index >= 15 is 0 Å². The number of nitro benzene ring substituents is 1. The molecule has 0 atom stereocenters. The summed E-state index contributed by atoms with van der Waals surface area (Å²) in [5.74, 6) is -0.586. The molecule has 0 aliphatic heterocycles. The van der Waals surface area contributed by atoms with E-state index in [2.05, 4.69) is 10.3 Å². The van der Waals surface area contributed by atoms with Gasteiger partial charge in [0.05, 0.1) is 20.0 Å². The summed E-state index contributed by atoms with van der Waals surface area (Å²) in [6, 6.07) is 8.46. The third-order valence-electron chi connectivity index (χ3n) is 5.15. The SMILES string of the molecule is CCCCN(CCCC)S(=O)(=O)c1ccc2nc(NC(=O)c3ccc(Cl)c([N+](=O)[O-])c3)sc2c1. The number of unbranched alkanes of at least 4 members (excludes halogenated alkanes) is 2. The second-order valence-electron chi connectivity index (χ2n) is 7.64. The fraction of sp³-hybridized carbons (Fsp3) is 0.364. The lowest BCUT2D eigenvalue weighted by Gasteiger charge is -2.21. The lowest BCUT2D eigenvalue weighted by atomic mass is 10.2. The van der Waals surface area contributed by atoms with Crippen molar-refractivity contribution >= 4 is 59.9 Å². The van der Waals surface area contributed by atoms with Crippen LogP contribution < -0.4 is 5.32 Å². The van der Waals surface area contributed by atoms with E-state index in [-0.39, 0.29) is 26.3 Å². The number of carbonyl (C=O) groups excluding carboxylic acids is 1. The summed E-state index contributed by atoms with van der Waals surface area (Å²) in [4.78, 5) is 27.5. The van der Waals surface area contributed by atoms with Crippen LogP contribution in [0.25, 0.3) is 10.2 Å². The van der Waals surface area contributed by atoms with Crippen molar-refractivity contribution in [3.05, 3.63) is 57.1 Å². The number of anilines is 1. The number of carbonyl (C=O) groups is 1. The Bertz CT molecular complexity index is 1300. The molecule has 3 aromatic rings. The Labute approximate surface area is 207 Å². The lowest BCUT2D eigenvalue weighted by Crippen LogP contribution is -2.33. The maximum absolute atomic E-state index is 13.2. The number of nitrogens with zero attached hydrogens (tertiary/aromatic N) is 3. The predicted octanol–water partition coefficient (Wildman–Crippen LogP) is 5.70. The zero-order chi connectivity index (χ0) is 24.9. The van der Waals surface area contributed by atoms with E-state index in [0.717, 1.165) is 43.1 Å². The van der Waals surface area contributed by atoms with Crippen molar-refractivity contribution in [2.24, 2.45) is 0 Å². The number of aromatic nitrogens is 1. The Hall–Kier alpha value is -2.60. The van der Waals surface area contributed by atoms with Gasteiger partial charge >= 0.3 is 0 Å². The summed E-state index contributed by atoms with van der Waals surface area (Å²) in [6.07, 6.45) is 3.35. The van der Waals surface area contributed by atoms with Gasteiger partial charge in [0, 0.05) is 24.7 Å². The number of sulfonamides is 1. The molecule has 1 aromatic heterocycles. The van der Waals surface area contributed by atoms with Gasteiger partial charge in [0.15, 0.2) is 5.13 Å². The number of nitro groups is 1. The number of amides is 1. The zero-order valence-electron chi connectivity index (χ0n) is 18.8. The van der Waals surface area contributed by atoms with Gasteiger partial charge < -0.3 is 0 Å². The maximum Gasteiger partial charge on any atom is 0.288 e. The Morgan fingerprint density at radius 3 is 2.44 bits per heavy atom. The number of thiazole rings is 1. The van der Waals surface area contributed by atoms with Crippen LogP contribution in [0.2, 0.25) is 5.02 Å². The number of hydrogen-bond acceptors (Lipinski definition) is 7. The maximum atomic E-state index is 13.2. The van der Waals surface area contributed by atoms with Crippen LogP contribution in [0.5, 0.6) is 0 Å². The van der Waals surface area contributed by atoms with E-state index in [0.29, 0.717) is 23.3 Å². The third-order valence-corrected chi connectivity index (χ3v) is 8.29. The molecule has 1 amide bonds. The monoisotopic (exact) mass is 524 g/mol. The van der Waals surface area contributed by atoms with Crippen molar-refractivity contribution in [3.63, 3.8) is 0 Å². The Balaban J connectivity index is 1.85. The average molecular weight is 525 g/mol. The number of nitrogens with one attached hydrogen (secondary N) is 1. The summed E-state index contributed by atoms with van der Waals surface area (Å²) in [7, 11) is -3.66. The molecule has 0 bridgehead atoms. The zero-order valence-corrected chi connectivity index (χ0v) is 21.2. The van der Waals surface area contributed by atoms with Crippen LogP contribution in [0.15, 0.2) is 41.3 Å². The quantitative estimate of drug-likeness (QED) is 0.253. The second kappa shape index (κ2) is 11.2. The first-order valence-corrected chi connectivity index (χ1v) is 13.5. The molecule has 3 rings (SSSR count). The molecular formula is C22H25ClN4O5S2. The van der Waals surface area contributed by atoms with E-state index in [9.17, 15) is 23.3 Å². The number of halogens is 1. The highest BCUT2D eigenvalue weighted by atomic mass is 35.5. The van der Waals surface area contributed by atoms with Gasteiger partial charge in [0.1, 0.15) is 5.02 Å². The number of rotatable bonds is 11. The highest BCUT2D eigenvalue weighted by molar-refractivity contribution is 7.89. The molecule has 0 saturated heterocycles. The molecule has 12 heteroatoms. The summed E-state index contributed by atoms with van der Waals surface area (Å²) in [5.41, 5.74) is 0.222. The van der Waals surface area contributed by atoms with Crippen LogP contribution >= 0.6 is 22.9 Å². The molecule has 34 heavy (non-hydrogen) atoms. The molecule has 0 fully saturated rings. The summed E-state index contributed by atoms with van der Waals surface area (Å²) in [6.45, 7) is 4.97. The number of benzene rings is 2. The van der Waals surface area contributed by atoms with Crippen LogP contribution in [-0.2, 0) is 10.0 Å². The van der Waals surface area contributed by atoms with E-state index in [1.807, 2.05) is 13.8 Å². The number of fused-ring (bicyclic) bond motifs is 1. The van der Waals surface area contributed by atoms with Crippen molar-refractivity contribution in [2.75, 3.05) is 18.4 Å². The molecule has 0 aliphatic carbocycles. The lowest BCUT2D eigenvalue weighted by molar-refractivity contribution is -0.384. The van der Waals surface area contributed by atoms with Crippen LogP contribution in [0, 0.1) is 10.1 Å². The molecule has 1 heterocycles. The van der Waals surface area contributed by atoms with Gasteiger partial charge in [0.2, 0.25) is 10.0 Å². The first-order valence-electron chi connectivity index (χ1n) is 10.8. The van der Waals surface area contributed by atoms with Crippen molar-refractivity contribution in [2.45, 2.75) is 44.4 Å². The van der Waals surface area contributed by atoms with Crippen LogP contribution in [0.1, 0.15) is 49.9 Å². The highest BCUT2D eigenvalue weighted by Gasteiger charge is 2.24. The van der Waals surface area contributed by atoms with Crippen molar-refractivity contribution in [3.8, 4) is 0 Å². The topological polar surface area (TPSA) is 123 Å². The van der Waals surface area contributed by atoms with Crippen molar-refractivity contribution < 1.29 is 18.1 Å². The van der Waals surface area contributed by atoms with Crippen LogP contribution in [0.3, 0.4) is 0 Å². The average Bonchev–Trinajstić information content (AvgIpc) is 3.20. The fourth-order valence-electron chi connectivity index (χ4n) is 3.25. The molecule has 0 spiro atoms. The molecule has 9 nitrogen and oxygen atoms in total. The fourth-order valence-corrected chi connectivity index (χ4v) is 5.96. The van der Waals surface area contributed by atoms with Gasteiger partial charge in [-0.2, -0.15) is 4.31 Å². The van der Waals surface area contributed by atoms with Crippen LogP contribution in [-0.4, -0.2) is 41.6 Å². The van der Waals surface area contributed by atoms with Gasteiger partial charge in [-0.05, 0) is 43.2 Å². The van der Waals surface area contributed by atoms with Crippen molar-refractivity contribution in [1.82, 2.24) is 9.29 Å². The van der Waals surface area contributed by atoms with Gasteiger partial charge in [-0.25, -0.2) is 13.4 Å². The molecule has 182 valence electrons.